The van der Waals surface area contributed by atoms with Crippen molar-refractivity contribution in [3.8, 4) is 0 Å². The van der Waals surface area contributed by atoms with E-state index in [1.807, 2.05) is 6.20 Å². The molecule has 0 aliphatic rings. The Balaban J connectivity index is 2.58. The van der Waals surface area contributed by atoms with E-state index in [1.165, 1.54) is 16.5 Å². The summed E-state index contributed by atoms with van der Waals surface area (Å²) in [5.41, 5.74) is 2.51. The van der Waals surface area contributed by atoms with E-state index in [-0.39, 0.29) is 11.0 Å². The molecular formula is C16H24N2O. The van der Waals surface area contributed by atoms with Gasteiger partial charge < -0.3 is 4.74 Å². The highest BCUT2D eigenvalue weighted by Crippen LogP contribution is 2.28. The van der Waals surface area contributed by atoms with Gasteiger partial charge in [0.1, 0.15) is 0 Å². The summed E-state index contributed by atoms with van der Waals surface area (Å²) in [6, 6.07) is 6.60. The molecule has 2 rings (SSSR count). The molecule has 2 aromatic rings. The molecule has 0 aliphatic carbocycles. The maximum atomic E-state index is 5.32. The third-order valence-corrected chi connectivity index (χ3v) is 3.51. The van der Waals surface area contributed by atoms with Crippen LogP contribution in [0.25, 0.3) is 10.9 Å². The Labute approximate surface area is 115 Å². The van der Waals surface area contributed by atoms with Crippen molar-refractivity contribution in [2.75, 3.05) is 13.7 Å². The SMILES string of the molecule is COCC(C)(C)n1ncc2ccc(C(C)(C)C)cc21. The van der Waals surface area contributed by atoms with E-state index in [0.29, 0.717) is 6.61 Å². The van der Waals surface area contributed by atoms with Crippen molar-refractivity contribution >= 4 is 10.9 Å². The maximum Gasteiger partial charge on any atom is 0.0811 e. The van der Waals surface area contributed by atoms with Crippen LogP contribution in [0.1, 0.15) is 40.2 Å². The van der Waals surface area contributed by atoms with Crippen molar-refractivity contribution < 1.29 is 4.74 Å². The number of methoxy groups -OCH3 is 1. The number of fused-ring (bicyclic) bond motifs is 1. The van der Waals surface area contributed by atoms with Crippen LogP contribution in [0, 0.1) is 0 Å². The first-order valence-corrected chi connectivity index (χ1v) is 6.73. The van der Waals surface area contributed by atoms with Crippen LogP contribution in [0.3, 0.4) is 0 Å². The monoisotopic (exact) mass is 260 g/mol. The average molecular weight is 260 g/mol. The molecule has 0 fully saturated rings. The van der Waals surface area contributed by atoms with Gasteiger partial charge in [0, 0.05) is 12.5 Å². The molecule has 0 unspecified atom stereocenters. The Bertz CT molecular complexity index is 576. The van der Waals surface area contributed by atoms with E-state index < -0.39 is 0 Å². The Kier molecular flexibility index (Phi) is 3.43. The summed E-state index contributed by atoms with van der Waals surface area (Å²) in [5.74, 6) is 0. The lowest BCUT2D eigenvalue weighted by molar-refractivity contribution is 0.104. The Hall–Kier alpha value is -1.35. The molecule has 0 radical (unpaired) electrons. The second kappa shape index (κ2) is 4.64. The van der Waals surface area contributed by atoms with Gasteiger partial charge in [0.25, 0.3) is 0 Å². The molecule has 0 amide bonds. The number of nitrogens with zero attached hydrogens (tertiary/aromatic N) is 2. The van der Waals surface area contributed by atoms with E-state index in [0.717, 1.165) is 0 Å². The number of rotatable bonds is 3. The van der Waals surface area contributed by atoms with E-state index in [4.69, 9.17) is 4.74 Å². The first kappa shape index (κ1) is 14.1. The molecule has 0 spiro atoms. The highest BCUT2D eigenvalue weighted by molar-refractivity contribution is 5.79. The van der Waals surface area contributed by atoms with Gasteiger partial charge in [-0.15, -0.1) is 0 Å². The highest BCUT2D eigenvalue weighted by atomic mass is 16.5. The largest absolute Gasteiger partial charge is 0.382 e. The molecule has 0 saturated heterocycles. The molecule has 0 bridgehead atoms. The van der Waals surface area contributed by atoms with Crippen molar-refractivity contribution in [2.45, 2.75) is 45.6 Å². The zero-order chi connectivity index (χ0) is 14.3. The number of hydrogen-bond acceptors (Lipinski definition) is 2. The smallest absolute Gasteiger partial charge is 0.0811 e. The van der Waals surface area contributed by atoms with Gasteiger partial charge in [-0.3, -0.25) is 4.68 Å². The van der Waals surface area contributed by atoms with Gasteiger partial charge in [0.2, 0.25) is 0 Å². The quantitative estimate of drug-likeness (QED) is 0.841. The Morgan fingerprint density at radius 1 is 1.16 bits per heavy atom. The van der Waals surface area contributed by atoms with E-state index in [2.05, 4.69) is 62.6 Å². The molecule has 1 aromatic heterocycles. The van der Waals surface area contributed by atoms with Gasteiger partial charge in [-0.05, 0) is 30.9 Å². The topological polar surface area (TPSA) is 27.1 Å². The van der Waals surface area contributed by atoms with Gasteiger partial charge in [0.05, 0.1) is 23.9 Å². The molecule has 104 valence electrons. The number of aromatic nitrogens is 2. The number of benzene rings is 1. The van der Waals surface area contributed by atoms with Crippen molar-refractivity contribution in [1.82, 2.24) is 9.78 Å². The van der Waals surface area contributed by atoms with Crippen molar-refractivity contribution in [3.63, 3.8) is 0 Å². The number of hydrogen-bond donors (Lipinski definition) is 0. The van der Waals surface area contributed by atoms with Crippen LogP contribution in [0.15, 0.2) is 24.4 Å². The van der Waals surface area contributed by atoms with Gasteiger partial charge in [-0.1, -0.05) is 32.9 Å². The maximum absolute atomic E-state index is 5.32. The lowest BCUT2D eigenvalue weighted by Crippen LogP contribution is -2.32. The molecule has 19 heavy (non-hydrogen) atoms. The van der Waals surface area contributed by atoms with Gasteiger partial charge >= 0.3 is 0 Å². The first-order valence-electron chi connectivity index (χ1n) is 6.73. The van der Waals surface area contributed by atoms with Crippen LogP contribution in [-0.4, -0.2) is 23.5 Å². The summed E-state index contributed by atoms with van der Waals surface area (Å²) in [5, 5.41) is 5.72. The predicted molar refractivity (Wildman–Crippen MR) is 79.6 cm³/mol. The molecule has 1 heterocycles. The second-order valence-electron chi connectivity index (χ2n) is 6.83. The van der Waals surface area contributed by atoms with Crippen LogP contribution in [-0.2, 0) is 15.7 Å². The first-order chi connectivity index (χ1) is 8.75. The zero-order valence-corrected chi connectivity index (χ0v) is 12.8. The molecule has 1 aromatic carbocycles. The molecule has 0 aliphatic heterocycles. The minimum absolute atomic E-state index is 0.146. The fourth-order valence-corrected chi connectivity index (χ4v) is 2.38. The van der Waals surface area contributed by atoms with E-state index >= 15 is 0 Å². The summed E-state index contributed by atoms with van der Waals surface area (Å²) < 4.78 is 7.39. The third-order valence-electron chi connectivity index (χ3n) is 3.51. The van der Waals surface area contributed by atoms with Gasteiger partial charge in [0.15, 0.2) is 0 Å². The second-order valence-corrected chi connectivity index (χ2v) is 6.83. The fourth-order valence-electron chi connectivity index (χ4n) is 2.38. The Morgan fingerprint density at radius 2 is 1.84 bits per heavy atom. The highest BCUT2D eigenvalue weighted by Gasteiger charge is 2.24. The van der Waals surface area contributed by atoms with Crippen molar-refractivity contribution in [3.05, 3.63) is 30.0 Å². The van der Waals surface area contributed by atoms with E-state index in [1.54, 1.807) is 7.11 Å². The van der Waals surface area contributed by atoms with E-state index in [9.17, 15) is 0 Å². The Morgan fingerprint density at radius 3 is 2.42 bits per heavy atom. The normalized spacial score (nSPS) is 13.2. The summed E-state index contributed by atoms with van der Waals surface area (Å²) >= 11 is 0. The van der Waals surface area contributed by atoms with Gasteiger partial charge in [-0.2, -0.15) is 5.10 Å². The van der Waals surface area contributed by atoms with Gasteiger partial charge in [-0.25, -0.2) is 0 Å². The number of ether oxygens (including phenoxy) is 1. The van der Waals surface area contributed by atoms with Crippen LogP contribution < -0.4 is 0 Å². The molecule has 0 atom stereocenters. The lowest BCUT2D eigenvalue weighted by atomic mass is 9.86. The molecular weight excluding hydrogens is 236 g/mol. The molecule has 3 heteroatoms. The van der Waals surface area contributed by atoms with Crippen LogP contribution in [0.4, 0.5) is 0 Å². The summed E-state index contributed by atoms with van der Waals surface area (Å²) in [7, 11) is 1.73. The molecule has 0 N–H and O–H groups in total. The zero-order valence-electron chi connectivity index (χ0n) is 12.8. The van der Waals surface area contributed by atoms with Crippen LogP contribution >= 0.6 is 0 Å². The van der Waals surface area contributed by atoms with Crippen molar-refractivity contribution in [2.24, 2.45) is 0 Å². The van der Waals surface area contributed by atoms with Crippen LogP contribution in [0.2, 0.25) is 0 Å². The summed E-state index contributed by atoms with van der Waals surface area (Å²) in [6.45, 7) is 11.6. The minimum Gasteiger partial charge on any atom is -0.382 e. The fraction of sp³-hybridized carbons (Fsp3) is 0.562. The van der Waals surface area contributed by atoms with Crippen molar-refractivity contribution in [1.29, 1.82) is 0 Å². The minimum atomic E-state index is -0.146. The summed E-state index contributed by atoms with van der Waals surface area (Å²) in [6.07, 6.45) is 1.93. The standard InChI is InChI=1S/C16H24N2O/c1-15(2,3)13-8-7-12-10-17-18(14(12)9-13)16(4,5)11-19-6/h7-10H,11H2,1-6H3. The molecule has 0 saturated carbocycles. The third kappa shape index (κ3) is 2.66. The molecule has 3 nitrogen and oxygen atoms in total. The average Bonchev–Trinajstić information content (AvgIpc) is 2.70. The predicted octanol–water partition coefficient (Wildman–Crippen LogP) is 3.72. The lowest BCUT2D eigenvalue weighted by Gasteiger charge is -2.26. The summed E-state index contributed by atoms with van der Waals surface area (Å²) in [4.78, 5) is 0. The van der Waals surface area contributed by atoms with Crippen LogP contribution in [0.5, 0.6) is 0 Å².